The zero-order valence-corrected chi connectivity index (χ0v) is 33.8. The molecular formula is C50H68. The van der Waals surface area contributed by atoms with E-state index in [0.29, 0.717) is 0 Å². The quantitative estimate of drug-likeness (QED) is 0.162. The van der Waals surface area contributed by atoms with Crippen molar-refractivity contribution in [2.75, 3.05) is 0 Å². The monoisotopic (exact) mass is 669 g/mol. The summed E-state index contributed by atoms with van der Waals surface area (Å²) in [7, 11) is 0. The number of rotatable bonds is 14. The number of allylic oxidation sites excluding steroid dienone is 30. The van der Waals surface area contributed by atoms with E-state index in [4.69, 9.17) is 0 Å². The van der Waals surface area contributed by atoms with Crippen molar-refractivity contribution in [1.29, 1.82) is 0 Å². The zero-order valence-electron chi connectivity index (χ0n) is 33.8. The van der Waals surface area contributed by atoms with E-state index in [1.165, 1.54) is 83.1 Å². The molecule has 0 unspecified atom stereocenters. The van der Waals surface area contributed by atoms with Gasteiger partial charge in [-0.3, -0.25) is 0 Å². The minimum Gasteiger partial charge on any atom is -0.0696 e. The zero-order chi connectivity index (χ0) is 37.2. The molecule has 0 aromatic carbocycles. The van der Waals surface area contributed by atoms with Crippen LogP contribution in [0.3, 0.4) is 0 Å². The van der Waals surface area contributed by atoms with Crippen molar-refractivity contribution in [3.63, 3.8) is 0 Å². The second kappa shape index (κ2) is 21.3. The molecule has 0 aliphatic heterocycles. The van der Waals surface area contributed by atoms with Gasteiger partial charge in [-0.05, 0) is 116 Å². The van der Waals surface area contributed by atoms with Crippen molar-refractivity contribution < 1.29 is 0 Å². The summed E-state index contributed by atoms with van der Waals surface area (Å²) in [5.74, 6) is 0. The number of hydrogen-bond donors (Lipinski definition) is 0. The van der Waals surface area contributed by atoms with Crippen LogP contribution in [0.15, 0.2) is 177 Å². The summed E-state index contributed by atoms with van der Waals surface area (Å²) < 4.78 is 0. The summed E-state index contributed by atoms with van der Waals surface area (Å²) in [5, 5.41) is 0. The molecule has 0 saturated heterocycles. The minimum atomic E-state index is 0.283. The van der Waals surface area contributed by atoms with Gasteiger partial charge in [0.1, 0.15) is 0 Å². The molecule has 0 radical (unpaired) electrons. The largest absolute Gasteiger partial charge is 0.0696 e. The topological polar surface area (TPSA) is 0 Å². The third-order valence-corrected chi connectivity index (χ3v) is 9.81. The lowest BCUT2D eigenvalue weighted by molar-refractivity contribution is 0.376. The van der Waals surface area contributed by atoms with E-state index in [2.05, 4.69) is 205 Å². The molecule has 0 spiro atoms. The fourth-order valence-electron chi connectivity index (χ4n) is 6.60. The molecule has 2 rings (SSSR count). The first-order valence-corrected chi connectivity index (χ1v) is 18.8. The first-order chi connectivity index (χ1) is 23.6. The highest BCUT2D eigenvalue weighted by Gasteiger charge is 2.27. The molecule has 0 fully saturated rings. The van der Waals surface area contributed by atoms with E-state index in [1.54, 1.807) is 11.1 Å². The lowest BCUT2D eigenvalue weighted by Crippen LogP contribution is -2.19. The van der Waals surface area contributed by atoms with Gasteiger partial charge in [0.25, 0.3) is 0 Å². The van der Waals surface area contributed by atoms with Crippen LogP contribution in [-0.2, 0) is 0 Å². The van der Waals surface area contributed by atoms with Gasteiger partial charge in [0.05, 0.1) is 0 Å². The van der Waals surface area contributed by atoms with Crippen LogP contribution in [0.25, 0.3) is 0 Å². The van der Waals surface area contributed by atoms with Crippen LogP contribution in [0, 0.1) is 10.8 Å². The van der Waals surface area contributed by atoms with Gasteiger partial charge in [0, 0.05) is 0 Å². The van der Waals surface area contributed by atoms with Gasteiger partial charge in [-0.2, -0.15) is 0 Å². The molecule has 0 atom stereocenters. The lowest BCUT2D eigenvalue weighted by Gasteiger charge is -2.33. The number of hydrogen-bond acceptors (Lipinski definition) is 0. The first kappa shape index (κ1) is 42.3. The SMILES string of the molecule is CC1=C(/C=C/C(C)=C/C=C/C(C)=C/C=C/C(C)=C/C=C/C=C(C)/C=C/C=C(C)/C=C/C=C(C)/C=C/C2=C(C)CCCC2(C)C)C(C)(C)CCC1. The van der Waals surface area contributed by atoms with Crippen LogP contribution in [-0.4, -0.2) is 0 Å². The Kier molecular flexibility index (Phi) is 18.0. The highest BCUT2D eigenvalue weighted by Crippen LogP contribution is 2.41. The minimum absolute atomic E-state index is 0.283. The van der Waals surface area contributed by atoms with E-state index in [9.17, 15) is 0 Å². The van der Waals surface area contributed by atoms with E-state index < -0.39 is 0 Å². The molecule has 2 aliphatic carbocycles. The molecule has 0 heteroatoms. The van der Waals surface area contributed by atoms with Gasteiger partial charge in [-0.15, -0.1) is 0 Å². The van der Waals surface area contributed by atoms with E-state index in [-0.39, 0.29) is 10.8 Å². The Hall–Kier alpha value is -3.90. The van der Waals surface area contributed by atoms with Crippen LogP contribution in [0.1, 0.15) is 122 Å². The first-order valence-electron chi connectivity index (χ1n) is 18.8. The molecule has 0 bridgehead atoms. The molecule has 0 amide bonds. The summed E-state index contributed by atoms with van der Waals surface area (Å²) in [6.45, 7) is 27.0. The van der Waals surface area contributed by atoms with Crippen molar-refractivity contribution in [1.82, 2.24) is 0 Å². The van der Waals surface area contributed by atoms with Gasteiger partial charge in [-0.1, -0.05) is 194 Å². The third kappa shape index (κ3) is 16.2. The van der Waals surface area contributed by atoms with Gasteiger partial charge in [0.15, 0.2) is 0 Å². The second-order valence-corrected chi connectivity index (χ2v) is 15.8. The lowest BCUT2D eigenvalue weighted by atomic mass is 9.72. The molecule has 0 saturated carbocycles. The van der Waals surface area contributed by atoms with Crippen molar-refractivity contribution in [3.8, 4) is 0 Å². The van der Waals surface area contributed by atoms with Crippen LogP contribution >= 0.6 is 0 Å². The van der Waals surface area contributed by atoms with E-state index >= 15 is 0 Å². The summed E-state index contributed by atoms with van der Waals surface area (Å²) in [5.41, 5.74) is 14.1. The summed E-state index contributed by atoms with van der Waals surface area (Å²) in [6, 6.07) is 0. The highest BCUT2D eigenvalue weighted by molar-refractivity contribution is 5.39. The van der Waals surface area contributed by atoms with Gasteiger partial charge in [-0.25, -0.2) is 0 Å². The molecule has 50 heavy (non-hydrogen) atoms. The maximum Gasteiger partial charge on any atom is -0.0104 e. The normalized spacial score (nSPS) is 21.0. The summed E-state index contributed by atoms with van der Waals surface area (Å²) in [4.78, 5) is 0. The Labute approximate surface area is 308 Å². The van der Waals surface area contributed by atoms with Gasteiger partial charge in [0.2, 0.25) is 0 Å². The van der Waals surface area contributed by atoms with Gasteiger partial charge < -0.3 is 0 Å². The van der Waals surface area contributed by atoms with Crippen LogP contribution in [0.2, 0.25) is 0 Å². The van der Waals surface area contributed by atoms with E-state index in [1.807, 2.05) is 0 Å². The van der Waals surface area contributed by atoms with Crippen molar-refractivity contribution in [2.24, 2.45) is 10.8 Å². The van der Waals surface area contributed by atoms with E-state index in [0.717, 1.165) is 0 Å². The fraction of sp³-hybridized carbons (Fsp3) is 0.400. The Balaban J connectivity index is 1.83. The van der Waals surface area contributed by atoms with Crippen LogP contribution < -0.4 is 0 Å². The van der Waals surface area contributed by atoms with Crippen LogP contribution in [0.5, 0.6) is 0 Å². The Morgan fingerprint density at radius 2 is 0.660 bits per heavy atom. The molecular weight excluding hydrogens is 601 g/mol. The van der Waals surface area contributed by atoms with Crippen LogP contribution in [0.4, 0.5) is 0 Å². The van der Waals surface area contributed by atoms with Gasteiger partial charge >= 0.3 is 0 Å². The fourth-order valence-corrected chi connectivity index (χ4v) is 6.60. The highest BCUT2D eigenvalue weighted by atomic mass is 14.3. The maximum absolute atomic E-state index is 2.37. The molecule has 268 valence electrons. The second-order valence-electron chi connectivity index (χ2n) is 15.8. The molecule has 0 aromatic rings. The Bertz CT molecular complexity index is 1500. The molecule has 2 aliphatic rings. The average molecular weight is 669 g/mol. The predicted octanol–water partition coefficient (Wildman–Crippen LogP) is 15.6. The average Bonchev–Trinajstić information content (AvgIpc) is 3.02. The standard InChI is InChI=1S/C50H68/c1-39(23-15-25-41(3)27-17-29-43(5)33-35-47-45(7)31-19-37-49(47,9)10)21-13-14-22-40(2)24-16-26-42(4)28-18-30-44(6)34-36-48-46(8)32-20-38-50(48,11)12/h13-18,21-30,33-36H,19-20,31-32,37-38H2,1-12H3/b14-13+,23-15+,24-16+,27-17+,28-18+,35-33+,36-34+,39-21+,40-22+,41-25+,42-26+,43-29+,44-30+. The molecule has 0 nitrogen and oxygen atoms in total. The molecule has 0 heterocycles. The maximum atomic E-state index is 2.37. The third-order valence-electron chi connectivity index (χ3n) is 9.81. The Morgan fingerprint density at radius 1 is 0.400 bits per heavy atom. The smallest absolute Gasteiger partial charge is 0.0104 e. The Morgan fingerprint density at radius 3 is 0.940 bits per heavy atom. The summed E-state index contributed by atoms with van der Waals surface area (Å²) in [6.07, 6.45) is 51.1. The molecule has 0 N–H and O–H groups in total. The van der Waals surface area contributed by atoms with Crippen molar-refractivity contribution in [2.45, 2.75) is 122 Å². The van der Waals surface area contributed by atoms with Crippen molar-refractivity contribution >= 4 is 0 Å². The molecule has 0 aromatic heterocycles. The summed E-state index contributed by atoms with van der Waals surface area (Å²) >= 11 is 0. The van der Waals surface area contributed by atoms with Crippen molar-refractivity contribution in [3.05, 3.63) is 177 Å². The predicted molar refractivity (Wildman–Crippen MR) is 227 cm³/mol.